The first-order valence-corrected chi connectivity index (χ1v) is 5.71. The minimum absolute atomic E-state index is 0.251. The van der Waals surface area contributed by atoms with Crippen molar-refractivity contribution in [2.75, 3.05) is 0 Å². The summed E-state index contributed by atoms with van der Waals surface area (Å²) in [6.07, 6.45) is 0. The van der Waals surface area contributed by atoms with Crippen molar-refractivity contribution in [3.05, 3.63) is 70.2 Å². The van der Waals surface area contributed by atoms with Gasteiger partial charge in [0.25, 0.3) is 0 Å². The first-order chi connectivity index (χ1) is 8.59. The Balaban J connectivity index is 2.46. The van der Waals surface area contributed by atoms with Crippen LogP contribution in [0.4, 0.5) is 0 Å². The van der Waals surface area contributed by atoms with Gasteiger partial charge >= 0.3 is 0 Å². The predicted molar refractivity (Wildman–Crippen MR) is 72.3 cm³/mol. The minimum Gasteiger partial charge on any atom is -0.366 e. The zero-order chi connectivity index (χ0) is 13.1. The summed E-state index contributed by atoms with van der Waals surface area (Å²) in [5.74, 6) is -0.538. The van der Waals surface area contributed by atoms with E-state index in [1.165, 1.54) is 0 Å². The number of hydrogen-bond acceptors (Lipinski definition) is 2. The van der Waals surface area contributed by atoms with E-state index < -0.39 is 5.91 Å². The third-order valence-corrected chi connectivity index (χ3v) is 2.85. The summed E-state index contributed by atoms with van der Waals surface area (Å²) >= 11 is 5.80. The van der Waals surface area contributed by atoms with Crippen molar-refractivity contribution < 1.29 is 4.79 Å². The lowest BCUT2D eigenvalue weighted by atomic mass is 9.97. The maximum absolute atomic E-state index is 11.3. The van der Waals surface area contributed by atoms with Gasteiger partial charge in [0.1, 0.15) is 0 Å². The molecule has 0 fully saturated rings. The summed E-state index contributed by atoms with van der Waals surface area (Å²) in [4.78, 5) is 11.3. The molecule has 0 aliphatic heterocycles. The van der Waals surface area contributed by atoms with Crippen LogP contribution in [0, 0.1) is 5.41 Å². The topological polar surface area (TPSA) is 66.9 Å². The maximum atomic E-state index is 11.3. The van der Waals surface area contributed by atoms with E-state index in [9.17, 15) is 4.79 Å². The number of benzene rings is 2. The van der Waals surface area contributed by atoms with Crippen LogP contribution in [0.15, 0.2) is 48.5 Å². The molecule has 0 aliphatic rings. The van der Waals surface area contributed by atoms with Gasteiger partial charge in [-0.15, -0.1) is 0 Å². The van der Waals surface area contributed by atoms with Gasteiger partial charge < -0.3 is 5.73 Å². The molecular weight excluding hydrogens is 248 g/mol. The number of hydrogen-bond donors (Lipinski definition) is 2. The van der Waals surface area contributed by atoms with Gasteiger partial charge in [0.2, 0.25) is 5.91 Å². The van der Waals surface area contributed by atoms with E-state index in [2.05, 4.69) is 0 Å². The predicted octanol–water partition coefficient (Wildman–Crippen LogP) is 2.86. The molecule has 0 bridgehead atoms. The number of nitrogens with two attached hydrogens (primary N) is 1. The van der Waals surface area contributed by atoms with Crippen molar-refractivity contribution in [1.29, 1.82) is 5.41 Å². The highest BCUT2D eigenvalue weighted by Crippen LogP contribution is 2.16. The summed E-state index contributed by atoms with van der Waals surface area (Å²) < 4.78 is 0. The summed E-state index contributed by atoms with van der Waals surface area (Å²) in [7, 11) is 0. The van der Waals surface area contributed by atoms with Crippen LogP contribution >= 0.6 is 11.6 Å². The van der Waals surface area contributed by atoms with Gasteiger partial charge in [0.15, 0.2) is 0 Å². The van der Waals surface area contributed by atoms with Crippen LogP contribution in [0.5, 0.6) is 0 Å². The molecule has 0 heterocycles. The van der Waals surface area contributed by atoms with E-state index in [1.54, 1.807) is 48.5 Å². The quantitative estimate of drug-likeness (QED) is 0.817. The van der Waals surface area contributed by atoms with Gasteiger partial charge in [-0.2, -0.15) is 0 Å². The van der Waals surface area contributed by atoms with E-state index >= 15 is 0 Å². The highest BCUT2D eigenvalue weighted by atomic mass is 35.5. The van der Waals surface area contributed by atoms with Crippen LogP contribution in [0.3, 0.4) is 0 Å². The first kappa shape index (κ1) is 12.3. The van der Waals surface area contributed by atoms with Gasteiger partial charge in [0.05, 0.1) is 5.71 Å². The first-order valence-electron chi connectivity index (χ1n) is 5.33. The van der Waals surface area contributed by atoms with Crippen molar-refractivity contribution >= 4 is 23.2 Å². The fraction of sp³-hybridized carbons (Fsp3) is 0. The number of carbonyl (C=O) groups excluding carboxylic acids is 1. The summed E-state index contributed by atoms with van der Waals surface area (Å²) in [5.41, 5.74) is 7.10. The van der Waals surface area contributed by atoms with Crippen molar-refractivity contribution in [3.63, 3.8) is 0 Å². The molecule has 0 aliphatic carbocycles. The molecule has 18 heavy (non-hydrogen) atoms. The van der Waals surface area contributed by atoms with Crippen LogP contribution in [0.25, 0.3) is 0 Å². The number of halogens is 1. The van der Waals surface area contributed by atoms with Crippen LogP contribution in [0.2, 0.25) is 5.02 Å². The molecule has 0 unspecified atom stereocenters. The largest absolute Gasteiger partial charge is 0.366 e. The second-order valence-corrected chi connectivity index (χ2v) is 4.23. The van der Waals surface area contributed by atoms with E-state index in [1.807, 2.05) is 0 Å². The van der Waals surface area contributed by atoms with Gasteiger partial charge in [-0.25, -0.2) is 0 Å². The number of rotatable bonds is 3. The van der Waals surface area contributed by atoms with Crippen molar-refractivity contribution in [2.45, 2.75) is 0 Å². The number of primary amides is 1. The Bertz CT molecular complexity index is 605. The Morgan fingerprint density at radius 2 is 1.56 bits per heavy atom. The fourth-order valence-electron chi connectivity index (χ4n) is 1.69. The fourth-order valence-corrected chi connectivity index (χ4v) is 1.81. The molecule has 0 radical (unpaired) electrons. The molecule has 0 saturated carbocycles. The van der Waals surface area contributed by atoms with Gasteiger partial charge in [-0.05, 0) is 18.2 Å². The molecular formula is C14H11ClN2O. The molecule has 2 aromatic carbocycles. The molecule has 4 heteroatoms. The Hall–Kier alpha value is -2.13. The summed E-state index contributed by atoms with van der Waals surface area (Å²) in [6.45, 7) is 0. The molecule has 0 atom stereocenters. The Labute approximate surface area is 110 Å². The summed E-state index contributed by atoms with van der Waals surface area (Å²) in [5, 5.41) is 8.73. The van der Waals surface area contributed by atoms with E-state index in [4.69, 9.17) is 22.7 Å². The van der Waals surface area contributed by atoms with Crippen molar-refractivity contribution in [1.82, 2.24) is 0 Å². The molecule has 3 N–H and O–H groups in total. The highest BCUT2D eigenvalue weighted by Gasteiger charge is 2.12. The van der Waals surface area contributed by atoms with Crippen LogP contribution in [0.1, 0.15) is 21.5 Å². The lowest BCUT2D eigenvalue weighted by Gasteiger charge is -2.08. The lowest BCUT2D eigenvalue weighted by Crippen LogP contribution is -2.16. The Kier molecular flexibility index (Phi) is 3.44. The molecule has 0 spiro atoms. The molecule has 0 aromatic heterocycles. The van der Waals surface area contributed by atoms with Crippen molar-refractivity contribution in [2.24, 2.45) is 5.73 Å². The molecule has 90 valence electrons. The Morgan fingerprint density at radius 1 is 1.00 bits per heavy atom. The monoisotopic (exact) mass is 258 g/mol. The van der Waals surface area contributed by atoms with Crippen LogP contribution in [-0.2, 0) is 0 Å². The number of carbonyl (C=O) groups is 1. The number of nitrogens with one attached hydrogen (secondary N) is 1. The zero-order valence-corrected chi connectivity index (χ0v) is 10.2. The molecule has 2 rings (SSSR count). The third-order valence-electron chi connectivity index (χ3n) is 2.59. The van der Waals surface area contributed by atoms with Gasteiger partial charge in [-0.3, -0.25) is 10.2 Å². The average Bonchev–Trinajstić information content (AvgIpc) is 2.39. The Morgan fingerprint density at radius 3 is 2.11 bits per heavy atom. The van der Waals surface area contributed by atoms with E-state index in [-0.39, 0.29) is 5.71 Å². The molecule has 1 amide bonds. The van der Waals surface area contributed by atoms with Crippen molar-refractivity contribution in [3.8, 4) is 0 Å². The maximum Gasteiger partial charge on any atom is 0.249 e. The van der Waals surface area contributed by atoms with E-state index in [0.29, 0.717) is 21.7 Å². The highest BCUT2D eigenvalue weighted by molar-refractivity contribution is 6.30. The zero-order valence-electron chi connectivity index (χ0n) is 9.48. The molecule has 0 saturated heterocycles. The second kappa shape index (κ2) is 5.02. The minimum atomic E-state index is -0.538. The number of amides is 1. The standard InChI is InChI=1S/C14H11ClN2O/c15-10-7-5-9(6-8-10)13(16)11-3-1-2-4-12(11)14(17)18/h1-8,16H,(H2,17,18). The molecule has 3 nitrogen and oxygen atoms in total. The third kappa shape index (κ3) is 2.41. The second-order valence-electron chi connectivity index (χ2n) is 3.79. The van der Waals surface area contributed by atoms with Gasteiger partial charge in [0, 0.05) is 21.7 Å². The van der Waals surface area contributed by atoms with Crippen LogP contribution in [-0.4, -0.2) is 11.6 Å². The smallest absolute Gasteiger partial charge is 0.249 e. The normalized spacial score (nSPS) is 10.1. The van der Waals surface area contributed by atoms with Crippen LogP contribution < -0.4 is 5.73 Å². The van der Waals surface area contributed by atoms with E-state index in [0.717, 1.165) is 0 Å². The lowest BCUT2D eigenvalue weighted by molar-refractivity contribution is 0.1000. The average molecular weight is 259 g/mol. The SMILES string of the molecule is N=C(c1ccc(Cl)cc1)c1ccccc1C(N)=O. The summed E-state index contributed by atoms with van der Waals surface area (Å²) in [6, 6.07) is 13.7. The molecule has 2 aromatic rings. The van der Waals surface area contributed by atoms with Gasteiger partial charge in [-0.1, -0.05) is 41.9 Å².